The quantitative estimate of drug-likeness (QED) is 0.742. The van der Waals surface area contributed by atoms with E-state index in [9.17, 15) is 22.4 Å². The van der Waals surface area contributed by atoms with Crippen LogP contribution < -0.4 is 9.62 Å². The molecule has 28 heavy (non-hydrogen) atoms. The van der Waals surface area contributed by atoms with Crippen molar-refractivity contribution < 1.29 is 27.1 Å². The second kappa shape index (κ2) is 8.39. The molecule has 1 atom stereocenters. The molecule has 150 valence electrons. The molecule has 0 aliphatic carbocycles. The number of carbonyl (C=O) groups excluding carboxylic acids is 2. The number of benzene rings is 2. The summed E-state index contributed by atoms with van der Waals surface area (Å²) in [5.41, 5.74) is 0.954. The minimum absolute atomic E-state index is 0.0371. The van der Waals surface area contributed by atoms with Crippen LogP contribution in [0.5, 0.6) is 0 Å². The Hall–Kier alpha value is -2.94. The third kappa shape index (κ3) is 5.07. The Bertz CT molecular complexity index is 990. The number of ether oxygens (including phenoxy) is 1. The molecule has 0 saturated carbocycles. The number of nitrogens with one attached hydrogen (secondary N) is 1. The van der Waals surface area contributed by atoms with Crippen molar-refractivity contribution in [2.75, 3.05) is 24.7 Å². The fraction of sp³-hybridized carbons (Fsp3) is 0.263. The van der Waals surface area contributed by atoms with E-state index < -0.39 is 27.9 Å². The SMILES string of the molecule is COC(=O)c1cc(C(=O)N[C@H](C)c2ccc(F)cc2)cc(N(C)S(C)(=O)=O)c1. The summed E-state index contributed by atoms with van der Waals surface area (Å²) in [4.78, 5) is 24.6. The highest BCUT2D eigenvalue weighted by Crippen LogP contribution is 2.22. The zero-order chi connectivity index (χ0) is 21.1. The van der Waals surface area contributed by atoms with Crippen LogP contribution >= 0.6 is 0 Å². The molecule has 2 rings (SSSR count). The first-order valence-electron chi connectivity index (χ1n) is 8.26. The summed E-state index contributed by atoms with van der Waals surface area (Å²) in [6.45, 7) is 1.72. The lowest BCUT2D eigenvalue weighted by molar-refractivity contribution is 0.0600. The van der Waals surface area contributed by atoms with Crippen molar-refractivity contribution in [2.45, 2.75) is 13.0 Å². The van der Waals surface area contributed by atoms with Crippen LogP contribution in [0, 0.1) is 5.82 Å². The van der Waals surface area contributed by atoms with Gasteiger partial charge in [0.25, 0.3) is 5.91 Å². The van der Waals surface area contributed by atoms with E-state index in [0.29, 0.717) is 5.56 Å². The van der Waals surface area contributed by atoms with Crippen LogP contribution in [-0.2, 0) is 14.8 Å². The van der Waals surface area contributed by atoms with Gasteiger partial charge in [-0.1, -0.05) is 12.1 Å². The van der Waals surface area contributed by atoms with Gasteiger partial charge in [0.2, 0.25) is 10.0 Å². The van der Waals surface area contributed by atoms with Gasteiger partial charge in [0.1, 0.15) is 5.82 Å². The van der Waals surface area contributed by atoms with Gasteiger partial charge in [0, 0.05) is 12.6 Å². The largest absolute Gasteiger partial charge is 0.465 e. The van der Waals surface area contributed by atoms with Crippen LogP contribution in [0.25, 0.3) is 0 Å². The summed E-state index contributed by atoms with van der Waals surface area (Å²) in [5.74, 6) is -1.61. The summed E-state index contributed by atoms with van der Waals surface area (Å²) in [6, 6.07) is 9.24. The molecule has 0 spiro atoms. The lowest BCUT2D eigenvalue weighted by Crippen LogP contribution is -2.28. The van der Waals surface area contributed by atoms with Crippen LogP contribution in [0.15, 0.2) is 42.5 Å². The number of amides is 1. The van der Waals surface area contributed by atoms with Crippen molar-refractivity contribution in [3.8, 4) is 0 Å². The highest BCUT2D eigenvalue weighted by atomic mass is 32.2. The predicted molar refractivity (Wildman–Crippen MR) is 103 cm³/mol. The van der Waals surface area contributed by atoms with E-state index in [1.807, 2.05) is 0 Å². The summed E-state index contributed by atoms with van der Waals surface area (Å²) >= 11 is 0. The van der Waals surface area contributed by atoms with Crippen molar-refractivity contribution in [3.63, 3.8) is 0 Å². The van der Waals surface area contributed by atoms with Gasteiger partial charge in [-0.25, -0.2) is 17.6 Å². The van der Waals surface area contributed by atoms with E-state index in [1.165, 1.54) is 44.5 Å². The maximum Gasteiger partial charge on any atom is 0.337 e. The minimum Gasteiger partial charge on any atom is -0.465 e. The monoisotopic (exact) mass is 408 g/mol. The molecule has 0 aliphatic heterocycles. The Labute approximate surface area is 163 Å². The molecule has 0 aromatic heterocycles. The van der Waals surface area contributed by atoms with Gasteiger partial charge in [-0.2, -0.15) is 0 Å². The van der Waals surface area contributed by atoms with Crippen LogP contribution in [0.2, 0.25) is 0 Å². The molecule has 9 heteroatoms. The highest BCUT2D eigenvalue weighted by molar-refractivity contribution is 7.92. The molecule has 0 bridgehead atoms. The molecular formula is C19H21FN2O5S. The Kier molecular flexibility index (Phi) is 6.40. The van der Waals surface area contributed by atoms with E-state index in [4.69, 9.17) is 0 Å². The lowest BCUT2D eigenvalue weighted by Gasteiger charge is -2.19. The summed E-state index contributed by atoms with van der Waals surface area (Å²) in [6.07, 6.45) is 1.01. The van der Waals surface area contributed by atoms with Crippen LogP contribution in [0.3, 0.4) is 0 Å². The van der Waals surface area contributed by atoms with Gasteiger partial charge in [-0.05, 0) is 42.8 Å². The molecule has 0 unspecified atom stereocenters. The summed E-state index contributed by atoms with van der Waals surface area (Å²) in [7, 11) is -1.10. The fourth-order valence-corrected chi connectivity index (χ4v) is 2.95. The maximum absolute atomic E-state index is 13.1. The average Bonchev–Trinajstić information content (AvgIpc) is 2.65. The van der Waals surface area contributed by atoms with Crippen molar-refractivity contribution in [1.82, 2.24) is 5.32 Å². The smallest absolute Gasteiger partial charge is 0.337 e. The number of hydrogen-bond donors (Lipinski definition) is 1. The van der Waals surface area contributed by atoms with Crippen molar-refractivity contribution in [3.05, 3.63) is 65.0 Å². The molecule has 0 aliphatic rings. The first-order chi connectivity index (χ1) is 13.0. The molecular weight excluding hydrogens is 387 g/mol. The fourth-order valence-electron chi connectivity index (χ4n) is 2.47. The van der Waals surface area contributed by atoms with Crippen molar-refractivity contribution in [2.24, 2.45) is 0 Å². The van der Waals surface area contributed by atoms with Crippen LogP contribution in [-0.4, -0.2) is 40.7 Å². The van der Waals surface area contributed by atoms with Crippen molar-refractivity contribution in [1.29, 1.82) is 0 Å². The minimum atomic E-state index is -3.60. The third-order valence-electron chi connectivity index (χ3n) is 4.18. The van der Waals surface area contributed by atoms with Crippen molar-refractivity contribution >= 4 is 27.6 Å². The second-order valence-electron chi connectivity index (χ2n) is 6.24. The van der Waals surface area contributed by atoms with Gasteiger partial charge in [-0.3, -0.25) is 9.10 Å². The zero-order valence-corrected chi connectivity index (χ0v) is 16.7. The topological polar surface area (TPSA) is 92.8 Å². The number of nitrogens with zero attached hydrogens (tertiary/aromatic N) is 1. The first kappa shape index (κ1) is 21.4. The highest BCUT2D eigenvalue weighted by Gasteiger charge is 2.20. The van der Waals surface area contributed by atoms with E-state index in [0.717, 1.165) is 10.6 Å². The molecule has 0 radical (unpaired) electrons. The summed E-state index contributed by atoms with van der Waals surface area (Å²) in [5, 5.41) is 2.74. The number of halogens is 1. The zero-order valence-electron chi connectivity index (χ0n) is 15.9. The van der Waals surface area contributed by atoms with E-state index in [1.54, 1.807) is 19.1 Å². The van der Waals surface area contributed by atoms with E-state index >= 15 is 0 Å². The molecule has 0 heterocycles. The molecule has 7 nitrogen and oxygen atoms in total. The predicted octanol–water partition coefficient (Wildman–Crippen LogP) is 2.50. The second-order valence-corrected chi connectivity index (χ2v) is 8.25. The Morgan fingerprint density at radius 3 is 2.21 bits per heavy atom. The lowest BCUT2D eigenvalue weighted by atomic mass is 10.1. The number of hydrogen-bond acceptors (Lipinski definition) is 5. The van der Waals surface area contributed by atoms with Gasteiger partial charge in [0.05, 0.1) is 30.7 Å². The van der Waals surface area contributed by atoms with Gasteiger partial charge >= 0.3 is 5.97 Å². The number of carbonyl (C=O) groups is 2. The number of anilines is 1. The van der Waals surface area contributed by atoms with Crippen LogP contribution in [0.1, 0.15) is 39.2 Å². The van der Waals surface area contributed by atoms with Crippen LogP contribution in [0.4, 0.5) is 10.1 Å². The van der Waals surface area contributed by atoms with Gasteiger partial charge < -0.3 is 10.1 Å². The first-order valence-corrected chi connectivity index (χ1v) is 10.1. The molecule has 1 N–H and O–H groups in total. The Balaban J connectivity index is 2.38. The number of sulfonamides is 1. The molecule has 2 aromatic carbocycles. The normalized spacial score (nSPS) is 12.2. The standard InChI is InChI=1S/C19H21FN2O5S/c1-12(13-5-7-16(20)8-6-13)21-18(23)14-9-15(19(24)27-3)11-17(10-14)22(2)28(4,25)26/h5-12H,1-4H3,(H,21,23)/t12-/m1/s1. The summed E-state index contributed by atoms with van der Waals surface area (Å²) < 4.78 is 42.4. The average molecular weight is 408 g/mol. The number of methoxy groups -OCH3 is 1. The van der Waals surface area contributed by atoms with E-state index in [2.05, 4.69) is 10.1 Å². The Morgan fingerprint density at radius 2 is 1.68 bits per heavy atom. The van der Waals surface area contributed by atoms with Gasteiger partial charge in [0.15, 0.2) is 0 Å². The van der Waals surface area contributed by atoms with Gasteiger partial charge in [-0.15, -0.1) is 0 Å². The van der Waals surface area contributed by atoms with E-state index in [-0.39, 0.29) is 22.6 Å². The molecule has 0 saturated heterocycles. The third-order valence-corrected chi connectivity index (χ3v) is 5.39. The number of rotatable bonds is 6. The molecule has 1 amide bonds. The molecule has 2 aromatic rings. The Morgan fingerprint density at radius 1 is 1.11 bits per heavy atom. The maximum atomic E-state index is 13.1. The number of esters is 1. The molecule has 0 fully saturated rings.